The molecule has 0 aromatic heterocycles. The largest absolute Gasteiger partial charge is 0.354 e. The molecule has 3 aromatic carbocycles. The summed E-state index contributed by atoms with van der Waals surface area (Å²) in [6.07, 6.45) is 2.14. The summed E-state index contributed by atoms with van der Waals surface area (Å²) in [5.74, 6) is -0.728. The van der Waals surface area contributed by atoms with E-state index in [1.165, 1.54) is 29.2 Å². The van der Waals surface area contributed by atoms with Crippen molar-refractivity contribution in [1.82, 2.24) is 10.2 Å². The van der Waals surface area contributed by atoms with Gasteiger partial charge in [-0.25, -0.2) is 8.42 Å². The fourth-order valence-corrected chi connectivity index (χ4v) is 5.78. The summed E-state index contributed by atoms with van der Waals surface area (Å²) in [7, 11) is -4.13. The molecule has 0 spiro atoms. The molecule has 3 aromatic rings. The van der Waals surface area contributed by atoms with Crippen molar-refractivity contribution in [3.8, 4) is 0 Å². The van der Waals surface area contributed by atoms with Gasteiger partial charge in [-0.2, -0.15) is 0 Å². The van der Waals surface area contributed by atoms with Crippen molar-refractivity contribution in [2.45, 2.75) is 57.5 Å². The Morgan fingerprint density at radius 3 is 2.26 bits per heavy atom. The zero-order chi connectivity index (χ0) is 28.4. The van der Waals surface area contributed by atoms with Crippen molar-refractivity contribution in [2.75, 3.05) is 17.4 Å². The number of anilines is 1. The second kappa shape index (κ2) is 14.1. The number of halogens is 1. The van der Waals surface area contributed by atoms with Crippen LogP contribution in [0.25, 0.3) is 0 Å². The maximum atomic E-state index is 14.0. The van der Waals surface area contributed by atoms with E-state index < -0.39 is 28.5 Å². The summed E-state index contributed by atoms with van der Waals surface area (Å²) in [6.45, 7) is 5.95. The zero-order valence-corrected chi connectivity index (χ0v) is 24.2. The molecular weight excluding hydrogens is 534 g/mol. The number of carbonyl (C=O) groups excluding carboxylic acids is 2. The lowest BCUT2D eigenvalue weighted by molar-refractivity contribution is -0.140. The standard InChI is InChI=1S/C30H36ClN3O4S/c1-4-6-19-32-30(36)28(5-2)33(21-24-12-8-7-9-13-24)29(35)22-34(26-14-10-11-23(3)20-26)39(37,38)27-17-15-25(31)16-18-27/h7-18,20,28H,4-6,19,21-22H2,1-3H3,(H,32,36)/t28-/m0/s1. The number of hydrogen-bond donors (Lipinski definition) is 1. The van der Waals surface area contributed by atoms with E-state index in [-0.39, 0.29) is 17.3 Å². The number of benzene rings is 3. The Balaban J connectivity index is 2.02. The van der Waals surface area contributed by atoms with Crippen LogP contribution in [0.2, 0.25) is 5.02 Å². The van der Waals surface area contributed by atoms with Crippen LogP contribution >= 0.6 is 11.6 Å². The molecule has 2 amide bonds. The first-order valence-electron chi connectivity index (χ1n) is 13.1. The van der Waals surface area contributed by atoms with Crippen molar-refractivity contribution in [1.29, 1.82) is 0 Å². The summed E-state index contributed by atoms with van der Waals surface area (Å²) in [6, 6.07) is 21.4. The van der Waals surface area contributed by atoms with Crippen LogP contribution in [0.5, 0.6) is 0 Å². The van der Waals surface area contributed by atoms with Crippen molar-refractivity contribution in [2.24, 2.45) is 0 Å². The minimum absolute atomic E-state index is 0.0140. The smallest absolute Gasteiger partial charge is 0.264 e. The third-order valence-corrected chi connectivity index (χ3v) is 8.42. The minimum atomic E-state index is -4.13. The van der Waals surface area contributed by atoms with Gasteiger partial charge in [0, 0.05) is 18.1 Å². The topological polar surface area (TPSA) is 86.8 Å². The van der Waals surface area contributed by atoms with E-state index in [0.29, 0.717) is 23.7 Å². The van der Waals surface area contributed by atoms with E-state index in [1.54, 1.807) is 18.2 Å². The molecule has 1 atom stereocenters. The molecule has 0 aliphatic carbocycles. The molecule has 0 radical (unpaired) electrons. The van der Waals surface area contributed by atoms with Crippen LogP contribution in [-0.2, 0) is 26.2 Å². The molecule has 0 aliphatic heterocycles. The van der Waals surface area contributed by atoms with Gasteiger partial charge in [-0.15, -0.1) is 0 Å². The fourth-order valence-electron chi connectivity index (χ4n) is 4.25. The molecule has 0 heterocycles. The summed E-state index contributed by atoms with van der Waals surface area (Å²) >= 11 is 6.00. The fraction of sp³-hybridized carbons (Fsp3) is 0.333. The third-order valence-electron chi connectivity index (χ3n) is 6.38. The highest BCUT2D eigenvalue weighted by molar-refractivity contribution is 7.92. The second-order valence-corrected chi connectivity index (χ2v) is 11.7. The normalized spacial score (nSPS) is 12.0. The molecule has 208 valence electrons. The number of hydrogen-bond acceptors (Lipinski definition) is 4. The summed E-state index contributed by atoms with van der Waals surface area (Å²) in [5.41, 5.74) is 2.05. The lowest BCUT2D eigenvalue weighted by atomic mass is 10.1. The molecule has 0 unspecified atom stereocenters. The molecule has 1 N–H and O–H groups in total. The Labute approximate surface area is 236 Å². The number of carbonyl (C=O) groups is 2. The van der Waals surface area contributed by atoms with E-state index in [4.69, 9.17) is 11.6 Å². The van der Waals surface area contributed by atoms with Gasteiger partial charge in [-0.1, -0.05) is 74.3 Å². The number of nitrogens with zero attached hydrogens (tertiary/aromatic N) is 2. The molecule has 0 saturated carbocycles. The van der Waals surface area contributed by atoms with Crippen LogP contribution in [0.1, 0.15) is 44.2 Å². The Hall–Kier alpha value is -3.36. The Bertz CT molecular complexity index is 1350. The first-order valence-corrected chi connectivity index (χ1v) is 14.9. The SMILES string of the molecule is CCCCNC(=O)[C@H](CC)N(Cc1ccccc1)C(=O)CN(c1cccc(C)c1)S(=O)(=O)c1ccc(Cl)cc1. The summed E-state index contributed by atoms with van der Waals surface area (Å²) < 4.78 is 28.8. The third kappa shape index (κ3) is 8.07. The Morgan fingerprint density at radius 2 is 1.64 bits per heavy atom. The maximum absolute atomic E-state index is 14.0. The molecule has 3 rings (SSSR count). The number of aryl methyl sites for hydroxylation is 1. The van der Waals surface area contributed by atoms with Gasteiger partial charge in [-0.3, -0.25) is 13.9 Å². The Morgan fingerprint density at radius 1 is 0.949 bits per heavy atom. The highest BCUT2D eigenvalue weighted by Gasteiger charge is 2.33. The molecule has 0 saturated heterocycles. The highest BCUT2D eigenvalue weighted by Crippen LogP contribution is 2.26. The quantitative estimate of drug-likeness (QED) is 0.273. The molecule has 0 aliphatic rings. The van der Waals surface area contributed by atoms with Crippen LogP contribution in [0, 0.1) is 6.92 Å². The molecule has 0 bridgehead atoms. The summed E-state index contributed by atoms with van der Waals surface area (Å²) in [5, 5.41) is 3.34. The maximum Gasteiger partial charge on any atom is 0.264 e. The second-order valence-electron chi connectivity index (χ2n) is 9.38. The summed E-state index contributed by atoms with van der Waals surface area (Å²) in [4.78, 5) is 28.7. The molecule has 0 fully saturated rings. The van der Waals surface area contributed by atoms with Gasteiger partial charge in [0.2, 0.25) is 11.8 Å². The van der Waals surface area contributed by atoms with Crippen molar-refractivity contribution in [3.63, 3.8) is 0 Å². The van der Waals surface area contributed by atoms with E-state index >= 15 is 0 Å². The van der Waals surface area contributed by atoms with Gasteiger partial charge >= 0.3 is 0 Å². The van der Waals surface area contributed by atoms with Crippen molar-refractivity contribution < 1.29 is 18.0 Å². The lowest BCUT2D eigenvalue weighted by Gasteiger charge is -2.33. The minimum Gasteiger partial charge on any atom is -0.354 e. The first kappa shape index (κ1) is 30.2. The predicted molar refractivity (Wildman–Crippen MR) is 156 cm³/mol. The average molecular weight is 570 g/mol. The molecule has 7 nitrogen and oxygen atoms in total. The molecule has 39 heavy (non-hydrogen) atoms. The van der Waals surface area contributed by atoms with E-state index in [0.717, 1.165) is 28.3 Å². The monoisotopic (exact) mass is 569 g/mol. The number of sulfonamides is 1. The highest BCUT2D eigenvalue weighted by atomic mass is 35.5. The van der Waals surface area contributed by atoms with Gasteiger partial charge in [-0.05, 0) is 67.3 Å². The van der Waals surface area contributed by atoms with E-state index in [9.17, 15) is 18.0 Å². The van der Waals surface area contributed by atoms with Crippen molar-refractivity contribution >= 4 is 39.1 Å². The average Bonchev–Trinajstić information content (AvgIpc) is 2.92. The van der Waals surface area contributed by atoms with Gasteiger partial charge < -0.3 is 10.2 Å². The van der Waals surface area contributed by atoms with Crippen LogP contribution < -0.4 is 9.62 Å². The molecule has 9 heteroatoms. The first-order chi connectivity index (χ1) is 18.7. The number of unbranched alkanes of at least 4 members (excludes halogenated alkanes) is 1. The Kier molecular flexibility index (Phi) is 10.9. The van der Waals surface area contributed by atoms with Crippen LogP contribution in [0.15, 0.2) is 83.8 Å². The van der Waals surface area contributed by atoms with E-state index in [2.05, 4.69) is 5.32 Å². The molecular formula is C30H36ClN3O4S. The van der Waals surface area contributed by atoms with Gasteiger partial charge in [0.25, 0.3) is 10.0 Å². The van der Waals surface area contributed by atoms with Gasteiger partial charge in [0.05, 0.1) is 10.6 Å². The van der Waals surface area contributed by atoms with Crippen molar-refractivity contribution in [3.05, 3.63) is 95.0 Å². The van der Waals surface area contributed by atoms with Crippen LogP contribution in [0.3, 0.4) is 0 Å². The number of amides is 2. The lowest BCUT2D eigenvalue weighted by Crippen LogP contribution is -2.52. The van der Waals surface area contributed by atoms with Crippen LogP contribution in [-0.4, -0.2) is 44.3 Å². The predicted octanol–water partition coefficient (Wildman–Crippen LogP) is 5.57. The van der Waals surface area contributed by atoms with Gasteiger partial charge in [0.15, 0.2) is 0 Å². The van der Waals surface area contributed by atoms with E-state index in [1.807, 2.05) is 57.2 Å². The van der Waals surface area contributed by atoms with Gasteiger partial charge in [0.1, 0.15) is 12.6 Å². The number of rotatable bonds is 13. The number of nitrogens with one attached hydrogen (secondary N) is 1. The van der Waals surface area contributed by atoms with Crippen LogP contribution in [0.4, 0.5) is 5.69 Å². The zero-order valence-electron chi connectivity index (χ0n) is 22.6.